The first-order chi connectivity index (χ1) is 6.10. The normalized spacial score (nSPS) is 15.6. The van der Waals surface area contributed by atoms with E-state index in [1.54, 1.807) is 11.8 Å². The summed E-state index contributed by atoms with van der Waals surface area (Å²) in [5.41, 5.74) is 0.0907. The van der Waals surface area contributed by atoms with Gasteiger partial charge < -0.3 is 10.4 Å². The minimum absolute atomic E-state index is 0.0907. The molecule has 1 atom stereocenters. The van der Waals surface area contributed by atoms with Crippen LogP contribution in [0.1, 0.15) is 41.5 Å². The zero-order chi connectivity index (χ0) is 11.4. The topological polar surface area (TPSA) is 32.3 Å². The van der Waals surface area contributed by atoms with Crippen LogP contribution in [0.15, 0.2) is 0 Å². The van der Waals surface area contributed by atoms with E-state index in [1.165, 1.54) is 0 Å². The lowest BCUT2D eigenvalue weighted by Gasteiger charge is -2.24. The van der Waals surface area contributed by atoms with Crippen molar-refractivity contribution in [3.05, 3.63) is 0 Å². The largest absolute Gasteiger partial charge is 0.391 e. The van der Waals surface area contributed by atoms with Crippen molar-refractivity contribution >= 4 is 11.8 Å². The first-order valence-electron chi connectivity index (χ1n) is 5.17. The Kier molecular flexibility index (Phi) is 5.48. The van der Waals surface area contributed by atoms with Crippen LogP contribution >= 0.6 is 11.8 Å². The van der Waals surface area contributed by atoms with Gasteiger partial charge in [0.05, 0.1) is 6.10 Å². The van der Waals surface area contributed by atoms with Crippen LogP contribution in [0.25, 0.3) is 0 Å². The molecule has 0 aliphatic carbocycles. The van der Waals surface area contributed by atoms with E-state index in [9.17, 15) is 5.11 Å². The van der Waals surface area contributed by atoms with Crippen LogP contribution in [0.3, 0.4) is 0 Å². The van der Waals surface area contributed by atoms with Crippen LogP contribution in [0.2, 0.25) is 0 Å². The summed E-state index contributed by atoms with van der Waals surface area (Å²) in [6.45, 7) is 13.5. The summed E-state index contributed by atoms with van der Waals surface area (Å²) in [7, 11) is 0. The summed E-state index contributed by atoms with van der Waals surface area (Å²) < 4.78 is 0.239. The molecule has 14 heavy (non-hydrogen) atoms. The SMILES string of the molecule is CC(C)(C)NCC(O)CSC(C)(C)C. The van der Waals surface area contributed by atoms with E-state index in [2.05, 4.69) is 46.9 Å². The highest BCUT2D eigenvalue weighted by molar-refractivity contribution is 8.00. The van der Waals surface area contributed by atoms with Gasteiger partial charge in [0, 0.05) is 22.6 Å². The Balaban J connectivity index is 3.62. The van der Waals surface area contributed by atoms with Gasteiger partial charge in [-0.05, 0) is 20.8 Å². The zero-order valence-corrected chi connectivity index (χ0v) is 11.2. The minimum Gasteiger partial charge on any atom is -0.391 e. The molecule has 0 aromatic carbocycles. The highest BCUT2D eigenvalue weighted by Gasteiger charge is 2.16. The van der Waals surface area contributed by atoms with E-state index in [-0.39, 0.29) is 16.4 Å². The number of hydrogen-bond acceptors (Lipinski definition) is 3. The molecule has 2 N–H and O–H groups in total. The van der Waals surface area contributed by atoms with Crippen LogP contribution in [0.5, 0.6) is 0 Å². The predicted molar refractivity (Wildman–Crippen MR) is 66.0 cm³/mol. The fraction of sp³-hybridized carbons (Fsp3) is 1.00. The third kappa shape index (κ3) is 10.4. The third-order valence-electron chi connectivity index (χ3n) is 1.58. The minimum atomic E-state index is -0.251. The fourth-order valence-electron chi connectivity index (χ4n) is 0.829. The van der Waals surface area contributed by atoms with Crippen molar-refractivity contribution in [2.24, 2.45) is 0 Å². The molecule has 0 saturated heterocycles. The van der Waals surface area contributed by atoms with E-state index >= 15 is 0 Å². The van der Waals surface area contributed by atoms with Crippen molar-refractivity contribution in [1.82, 2.24) is 5.32 Å². The zero-order valence-electron chi connectivity index (χ0n) is 10.3. The number of nitrogens with one attached hydrogen (secondary N) is 1. The van der Waals surface area contributed by atoms with Gasteiger partial charge in [0.1, 0.15) is 0 Å². The number of aliphatic hydroxyl groups excluding tert-OH is 1. The predicted octanol–water partition coefficient (Wildman–Crippen LogP) is 2.27. The molecule has 3 heteroatoms. The number of rotatable bonds is 4. The molecule has 0 bridgehead atoms. The van der Waals surface area contributed by atoms with E-state index in [0.29, 0.717) is 6.54 Å². The summed E-state index contributed by atoms with van der Waals surface area (Å²) in [6.07, 6.45) is -0.251. The Morgan fingerprint density at radius 1 is 1.14 bits per heavy atom. The molecule has 0 aromatic heterocycles. The molecule has 86 valence electrons. The molecule has 0 amide bonds. The van der Waals surface area contributed by atoms with E-state index in [0.717, 1.165) is 5.75 Å². The molecule has 2 nitrogen and oxygen atoms in total. The molecule has 0 aliphatic heterocycles. The van der Waals surface area contributed by atoms with Crippen molar-refractivity contribution < 1.29 is 5.11 Å². The first kappa shape index (κ1) is 14.3. The number of β-amino-alcohol motifs (C(OH)–C–C–N with tert-alkyl or cyclic N) is 1. The lowest BCUT2D eigenvalue weighted by Crippen LogP contribution is -2.41. The molecular formula is C11H25NOS. The van der Waals surface area contributed by atoms with Gasteiger partial charge in [-0.3, -0.25) is 0 Å². The van der Waals surface area contributed by atoms with Gasteiger partial charge in [0.2, 0.25) is 0 Å². The molecular weight excluding hydrogens is 194 g/mol. The maximum atomic E-state index is 9.69. The monoisotopic (exact) mass is 219 g/mol. The van der Waals surface area contributed by atoms with E-state index in [4.69, 9.17) is 0 Å². The van der Waals surface area contributed by atoms with Crippen LogP contribution in [0.4, 0.5) is 0 Å². The smallest absolute Gasteiger partial charge is 0.0755 e. The molecule has 0 fully saturated rings. The molecule has 0 aliphatic rings. The van der Waals surface area contributed by atoms with Crippen LogP contribution < -0.4 is 5.32 Å². The number of aliphatic hydroxyl groups is 1. The van der Waals surface area contributed by atoms with Crippen molar-refractivity contribution in [2.75, 3.05) is 12.3 Å². The van der Waals surface area contributed by atoms with Crippen molar-refractivity contribution in [1.29, 1.82) is 0 Å². The molecule has 1 unspecified atom stereocenters. The van der Waals surface area contributed by atoms with Crippen molar-refractivity contribution in [2.45, 2.75) is 57.9 Å². The molecule has 0 spiro atoms. The average molecular weight is 219 g/mol. The standard InChI is InChI=1S/C11H25NOS/c1-10(2,3)12-7-9(13)8-14-11(4,5)6/h9,12-13H,7-8H2,1-6H3. The second kappa shape index (κ2) is 5.38. The molecule has 0 rings (SSSR count). The molecule has 0 aromatic rings. The van der Waals surface area contributed by atoms with Crippen LogP contribution in [0, 0.1) is 0 Å². The maximum Gasteiger partial charge on any atom is 0.0755 e. The number of hydrogen-bond donors (Lipinski definition) is 2. The summed E-state index contributed by atoms with van der Waals surface area (Å²) >= 11 is 1.80. The summed E-state index contributed by atoms with van der Waals surface area (Å²) in [5.74, 6) is 0.798. The lowest BCUT2D eigenvalue weighted by atomic mass is 10.1. The van der Waals surface area contributed by atoms with Gasteiger partial charge in [0.15, 0.2) is 0 Å². The Hall–Kier alpha value is 0.270. The highest BCUT2D eigenvalue weighted by atomic mass is 32.2. The highest BCUT2D eigenvalue weighted by Crippen LogP contribution is 2.23. The van der Waals surface area contributed by atoms with Gasteiger partial charge in [0.25, 0.3) is 0 Å². The van der Waals surface area contributed by atoms with Crippen molar-refractivity contribution in [3.63, 3.8) is 0 Å². The van der Waals surface area contributed by atoms with E-state index < -0.39 is 0 Å². The van der Waals surface area contributed by atoms with Gasteiger partial charge in [-0.25, -0.2) is 0 Å². The molecule has 0 radical (unpaired) electrons. The van der Waals surface area contributed by atoms with Crippen LogP contribution in [-0.4, -0.2) is 33.8 Å². The number of thioether (sulfide) groups is 1. The fourth-order valence-corrected chi connectivity index (χ4v) is 1.64. The second-order valence-corrected chi connectivity index (χ2v) is 7.55. The van der Waals surface area contributed by atoms with Crippen molar-refractivity contribution in [3.8, 4) is 0 Å². The maximum absolute atomic E-state index is 9.69. The van der Waals surface area contributed by atoms with Gasteiger partial charge >= 0.3 is 0 Å². The third-order valence-corrected chi connectivity index (χ3v) is 2.99. The lowest BCUT2D eigenvalue weighted by molar-refractivity contribution is 0.183. The van der Waals surface area contributed by atoms with Gasteiger partial charge in [-0.2, -0.15) is 11.8 Å². The quantitative estimate of drug-likeness (QED) is 0.761. The summed E-state index contributed by atoms with van der Waals surface area (Å²) in [4.78, 5) is 0. The summed E-state index contributed by atoms with van der Waals surface area (Å²) in [5, 5.41) is 13.0. The Morgan fingerprint density at radius 2 is 1.64 bits per heavy atom. The van der Waals surface area contributed by atoms with Gasteiger partial charge in [-0.15, -0.1) is 0 Å². The molecule has 0 heterocycles. The van der Waals surface area contributed by atoms with E-state index in [1.807, 2.05) is 0 Å². The Morgan fingerprint density at radius 3 is 2.00 bits per heavy atom. The summed E-state index contributed by atoms with van der Waals surface area (Å²) in [6, 6.07) is 0. The van der Waals surface area contributed by atoms with Crippen LogP contribution in [-0.2, 0) is 0 Å². The Bertz CT molecular complexity index is 140. The first-order valence-corrected chi connectivity index (χ1v) is 6.16. The van der Waals surface area contributed by atoms with Gasteiger partial charge in [-0.1, -0.05) is 20.8 Å². The molecule has 0 saturated carbocycles. The second-order valence-electron chi connectivity index (χ2n) is 5.71. The average Bonchev–Trinajstić information content (AvgIpc) is 1.94. The Labute approximate surface area is 92.9 Å².